The van der Waals surface area contributed by atoms with Crippen molar-refractivity contribution >= 4 is 21.9 Å². The van der Waals surface area contributed by atoms with E-state index in [9.17, 15) is 5.26 Å². The molecule has 0 saturated heterocycles. The van der Waals surface area contributed by atoms with E-state index in [2.05, 4.69) is 73.3 Å². The summed E-state index contributed by atoms with van der Waals surface area (Å²) in [4.78, 5) is 0. The Labute approximate surface area is 187 Å². The fourth-order valence-electron chi connectivity index (χ4n) is 5.16. The minimum absolute atomic E-state index is 0.656. The molecule has 0 aliphatic heterocycles. The van der Waals surface area contributed by atoms with E-state index < -0.39 is 0 Å². The van der Waals surface area contributed by atoms with Crippen LogP contribution in [0.2, 0.25) is 0 Å². The zero-order valence-electron chi connectivity index (χ0n) is 18.3. The van der Waals surface area contributed by atoms with Crippen molar-refractivity contribution in [3.05, 3.63) is 89.1 Å². The maximum absolute atomic E-state index is 9.76. The summed E-state index contributed by atoms with van der Waals surface area (Å²) in [6.07, 6.45) is 5.55. The highest BCUT2D eigenvalue weighted by molar-refractivity contribution is 6.13. The lowest BCUT2D eigenvalue weighted by Crippen LogP contribution is -2.30. The molecular formula is C29H23N2O+. The number of furan rings is 1. The number of pyridine rings is 1. The number of benzene rings is 3. The van der Waals surface area contributed by atoms with Crippen LogP contribution in [-0.2, 0) is 19.9 Å². The molecule has 6 rings (SSSR count). The Morgan fingerprint density at radius 3 is 2.62 bits per heavy atom. The first kappa shape index (κ1) is 18.8. The van der Waals surface area contributed by atoms with E-state index in [1.54, 1.807) is 0 Å². The fraction of sp³-hybridized carbons (Fsp3) is 0.172. The fourth-order valence-corrected chi connectivity index (χ4v) is 5.16. The molecule has 1 aliphatic carbocycles. The van der Waals surface area contributed by atoms with Crippen molar-refractivity contribution in [2.24, 2.45) is 7.05 Å². The third kappa shape index (κ3) is 2.77. The second kappa shape index (κ2) is 7.07. The third-order valence-corrected chi connectivity index (χ3v) is 6.80. The van der Waals surface area contributed by atoms with E-state index in [0.29, 0.717) is 5.56 Å². The average Bonchev–Trinajstić information content (AvgIpc) is 3.43. The van der Waals surface area contributed by atoms with E-state index in [0.717, 1.165) is 62.7 Å². The lowest BCUT2D eigenvalue weighted by Gasteiger charge is -2.07. The number of aromatic nitrogens is 1. The Morgan fingerprint density at radius 1 is 0.906 bits per heavy atom. The van der Waals surface area contributed by atoms with Crippen molar-refractivity contribution in [2.45, 2.75) is 26.2 Å². The molecule has 0 fully saturated rings. The van der Waals surface area contributed by atoms with Crippen LogP contribution in [0.5, 0.6) is 0 Å². The Kier molecular flexibility index (Phi) is 4.16. The Balaban J connectivity index is 1.70. The summed E-state index contributed by atoms with van der Waals surface area (Å²) < 4.78 is 8.78. The van der Waals surface area contributed by atoms with Gasteiger partial charge in [0.15, 0.2) is 6.20 Å². The first-order valence-corrected chi connectivity index (χ1v) is 11.1. The van der Waals surface area contributed by atoms with Crippen LogP contribution in [0.25, 0.3) is 44.3 Å². The molecule has 0 radical (unpaired) electrons. The quantitative estimate of drug-likeness (QED) is 0.312. The highest BCUT2D eigenvalue weighted by Gasteiger charge is 2.22. The number of rotatable bonds is 2. The van der Waals surface area contributed by atoms with Crippen molar-refractivity contribution in [1.29, 1.82) is 5.26 Å². The van der Waals surface area contributed by atoms with Crippen LogP contribution in [-0.4, -0.2) is 0 Å². The number of aryl methyl sites for hydroxylation is 4. The molecule has 0 unspecified atom stereocenters. The van der Waals surface area contributed by atoms with E-state index in [-0.39, 0.29) is 0 Å². The summed E-state index contributed by atoms with van der Waals surface area (Å²) >= 11 is 0. The van der Waals surface area contributed by atoms with Crippen molar-refractivity contribution in [3.8, 4) is 28.5 Å². The molecule has 0 spiro atoms. The maximum Gasteiger partial charge on any atom is 0.216 e. The lowest BCUT2D eigenvalue weighted by molar-refractivity contribution is -0.660. The van der Waals surface area contributed by atoms with Gasteiger partial charge in [-0.1, -0.05) is 30.3 Å². The number of nitrogens with zero attached hydrogens (tertiary/aromatic N) is 2. The number of nitriles is 1. The van der Waals surface area contributed by atoms with Crippen molar-refractivity contribution in [3.63, 3.8) is 0 Å². The van der Waals surface area contributed by atoms with Gasteiger partial charge in [-0.15, -0.1) is 0 Å². The van der Waals surface area contributed by atoms with Gasteiger partial charge in [-0.2, -0.15) is 5.26 Å². The molecule has 0 N–H and O–H groups in total. The number of hydrogen-bond acceptors (Lipinski definition) is 2. The standard InChI is InChI=1S/C29H23N2O/c1-18-9-12-23-25-15-19(17-30)14-24(22-11-10-20-6-5-7-21(20)16-22)28(25)32-29(23)27(18)26-8-3-4-13-31(26)2/h3-4,8-16H,5-7H2,1-2H3/q+1. The number of hydrogen-bond donors (Lipinski definition) is 0. The first-order chi connectivity index (χ1) is 15.6. The van der Waals surface area contributed by atoms with Gasteiger partial charge < -0.3 is 4.42 Å². The minimum Gasteiger partial charge on any atom is -0.454 e. The topological polar surface area (TPSA) is 40.8 Å². The highest BCUT2D eigenvalue weighted by atomic mass is 16.3. The smallest absolute Gasteiger partial charge is 0.216 e. The monoisotopic (exact) mass is 415 g/mol. The van der Waals surface area contributed by atoms with Gasteiger partial charge in [-0.05, 0) is 66.6 Å². The van der Waals surface area contributed by atoms with Crippen LogP contribution in [0.15, 0.2) is 71.3 Å². The Bertz CT molecular complexity index is 1580. The minimum atomic E-state index is 0.656. The Hall–Kier alpha value is -3.90. The number of fused-ring (bicyclic) bond motifs is 4. The van der Waals surface area contributed by atoms with E-state index in [4.69, 9.17) is 4.42 Å². The van der Waals surface area contributed by atoms with Gasteiger partial charge in [0.05, 0.1) is 17.2 Å². The second-order valence-electron chi connectivity index (χ2n) is 8.78. The molecule has 0 saturated carbocycles. The van der Waals surface area contributed by atoms with Crippen LogP contribution in [0.1, 0.15) is 28.7 Å². The van der Waals surface area contributed by atoms with Gasteiger partial charge in [0.2, 0.25) is 5.69 Å². The van der Waals surface area contributed by atoms with Crippen LogP contribution in [0, 0.1) is 18.3 Å². The zero-order chi connectivity index (χ0) is 21.8. The van der Waals surface area contributed by atoms with Gasteiger partial charge >= 0.3 is 0 Å². The SMILES string of the molecule is Cc1ccc2c(oc3c(-c4ccc5c(c4)CCC5)cc(C#N)cc32)c1-c1cccc[n+]1C. The summed E-state index contributed by atoms with van der Waals surface area (Å²) in [6.45, 7) is 2.12. The van der Waals surface area contributed by atoms with Crippen LogP contribution in [0.3, 0.4) is 0 Å². The predicted molar refractivity (Wildman–Crippen MR) is 127 cm³/mol. The summed E-state index contributed by atoms with van der Waals surface area (Å²) in [5.74, 6) is 0. The van der Waals surface area contributed by atoms with Crippen LogP contribution < -0.4 is 4.57 Å². The Morgan fingerprint density at radius 2 is 1.78 bits per heavy atom. The van der Waals surface area contributed by atoms with E-state index in [1.807, 2.05) is 18.2 Å². The largest absolute Gasteiger partial charge is 0.454 e. The van der Waals surface area contributed by atoms with Crippen LogP contribution in [0.4, 0.5) is 0 Å². The van der Waals surface area contributed by atoms with Gasteiger partial charge in [0.1, 0.15) is 18.2 Å². The molecule has 3 nitrogen and oxygen atoms in total. The molecule has 0 bridgehead atoms. The average molecular weight is 416 g/mol. The van der Waals surface area contributed by atoms with E-state index in [1.165, 1.54) is 17.5 Å². The highest BCUT2D eigenvalue weighted by Crippen LogP contribution is 2.41. The molecule has 3 aromatic carbocycles. The summed E-state index contributed by atoms with van der Waals surface area (Å²) in [5.41, 5.74) is 10.7. The van der Waals surface area contributed by atoms with Gasteiger partial charge in [0, 0.05) is 28.5 Å². The maximum atomic E-state index is 9.76. The molecule has 154 valence electrons. The lowest BCUT2D eigenvalue weighted by atomic mass is 9.96. The third-order valence-electron chi connectivity index (χ3n) is 6.80. The van der Waals surface area contributed by atoms with Crippen molar-refractivity contribution in [2.75, 3.05) is 0 Å². The molecule has 5 aromatic rings. The molecule has 32 heavy (non-hydrogen) atoms. The van der Waals surface area contributed by atoms with Gasteiger partial charge in [-0.3, -0.25) is 0 Å². The second-order valence-corrected chi connectivity index (χ2v) is 8.78. The molecule has 3 heteroatoms. The first-order valence-electron chi connectivity index (χ1n) is 11.1. The van der Waals surface area contributed by atoms with Crippen LogP contribution >= 0.6 is 0 Å². The van der Waals surface area contributed by atoms with Gasteiger partial charge in [-0.25, -0.2) is 4.57 Å². The normalized spacial score (nSPS) is 12.9. The van der Waals surface area contributed by atoms with Crippen molar-refractivity contribution < 1.29 is 8.98 Å². The molecule has 2 heterocycles. The summed E-state index contributed by atoms with van der Waals surface area (Å²) in [5, 5.41) is 11.8. The summed E-state index contributed by atoms with van der Waals surface area (Å²) in [7, 11) is 2.06. The molecule has 0 amide bonds. The molecular weight excluding hydrogens is 392 g/mol. The molecule has 0 atom stereocenters. The van der Waals surface area contributed by atoms with Gasteiger partial charge in [0.25, 0.3) is 0 Å². The van der Waals surface area contributed by atoms with Crippen molar-refractivity contribution in [1.82, 2.24) is 0 Å². The van der Waals surface area contributed by atoms with E-state index >= 15 is 0 Å². The molecule has 1 aliphatic rings. The predicted octanol–water partition coefficient (Wildman–Crippen LogP) is 6.41. The summed E-state index contributed by atoms with van der Waals surface area (Å²) in [6, 6.07) is 23.5. The zero-order valence-corrected chi connectivity index (χ0v) is 18.3. The molecule has 2 aromatic heterocycles.